The van der Waals surface area contributed by atoms with Crippen molar-refractivity contribution in [3.8, 4) is 5.75 Å². The molecule has 0 radical (unpaired) electrons. The molecule has 1 atom stereocenters. The first kappa shape index (κ1) is 19.3. The summed E-state index contributed by atoms with van der Waals surface area (Å²) in [5.41, 5.74) is 0.427. The molecule has 0 saturated carbocycles. The van der Waals surface area contributed by atoms with Crippen LogP contribution in [0.25, 0.3) is 0 Å². The van der Waals surface area contributed by atoms with Gasteiger partial charge in [-0.25, -0.2) is 4.79 Å². The van der Waals surface area contributed by atoms with Crippen LogP contribution >= 0.6 is 0 Å². The highest BCUT2D eigenvalue weighted by Crippen LogP contribution is 2.20. The minimum Gasteiger partial charge on any atom is -0.491 e. The molecule has 0 bridgehead atoms. The van der Waals surface area contributed by atoms with Gasteiger partial charge in [0.2, 0.25) is 0 Å². The van der Waals surface area contributed by atoms with Crippen molar-refractivity contribution in [3.05, 3.63) is 29.8 Å². The molecule has 0 aliphatic carbocycles. The summed E-state index contributed by atoms with van der Waals surface area (Å²) < 4.78 is 16.1. The molecule has 1 aromatic carbocycles. The molecule has 2 N–H and O–H groups in total. The third kappa shape index (κ3) is 7.85. The molecule has 0 aromatic heterocycles. The summed E-state index contributed by atoms with van der Waals surface area (Å²) in [6, 6.07) is 7.57. The Bertz CT molecular complexity index is 484. The summed E-state index contributed by atoms with van der Waals surface area (Å²) in [7, 11) is 1.60. The first-order valence-electron chi connectivity index (χ1n) is 7.67. The Labute approximate surface area is 137 Å². The summed E-state index contributed by atoms with van der Waals surface area (Å²) >= 11 is 0. The molecule has 0 saturated heterocycles. The lowest BCUT2D eigenvalue weighted by Crippen LogP contribution is -2.38. The van der Waals surface area contributed by atoms with Crippen molar-refractivity contribution in [1.82, 2.24) is 5.32 Å². The Morgan fingerprint density at radius 1 is 1.30 bits per heavy atom. The molecule has 1 aromatic rings. The van der Waals surface area contributed by atoms with Crippen LogP contribution < -0.4 is 10.1 Å². The van der Waals surface area contributed by atoms with Crippen LogP contribution in [0.15, 0.2) is 24.3 Å². The van der Waals surface area contributed by atoms with E-state index in [0.29, 0.717) is 18.7 Å². The predicted octanol–water partition coefficient (Wildman–Crippen LogP) is 2.14. The number of hydrogen-bond donors (Lipinski definition) is 2. The smallest absolute Gasteiger partial charge is 0.407 e. The number of alkyl carbamates (subject to hydrolysis) is 1. The molecular formula is C17H27NO5. The van der Waals surface area contributed by atoms with Crippen LogP contribution in [0.3, 0.4) is 0 Å². The van der Waals surface area contributed by atoms with Gasteiger partial charge in [-0.2, -0.15) is 0 Å². The maximum absolute atomic E-state index is 11.7. The van der Waals surface area contributed by atoms with Gasteiger partial charge in [-0.3, -0.25) is 0 Å². The molecule has 6 heteroatoms. The van der Waals surface area contributed by atoms with Gasteiger partial charge >= 0.3 is 6.09 Å². The summed E-state index contributed by atoms with van der Waals surface area (Å²) in [6.07, 6.45) is -0.0979. The largest absolute Gasteiger partial charge is 0.491 e. The van der Waals surface area contributed by atoms with Crippen molar-refractivity contribution < 1.29 is 24.1 Å². The summed E-state index contributed by atoms with van der Waals surface area (Å²) in [5, 5.41) is 11.6. The number of methoxy groups -OCH3 is 1. The van der Waals surface area contributed by atoms with Crippen LogP contribution in [0.1, 0.15) is 26.3 Å². The third-order valence-corrected chi connectivity index (χ3v) is 2.98. The minimum atomic E-state index is -0.530. The van der Waals surface area contributed by atoms with Crippen LogP contribution in [0, 0.1) is 0 Å². The average molecular weight is 325 g/mol. The number of amides is 1. The lowest BCUT2D eigenvalue weighted by molar-refractivity contribution is 0.0456. The third-order valence-electron chi connectivity index (χ3n) is 2.98. The second-order valence-corrected chi connectivity index (χ2v) is 6.12. The molecule has 1 amide bonds. The van der Waals surface area contributed by atoms with Crippen LogP contribution in [-0.2, 0) is 15.9 Å². The Kier molecular flexibility index (Phi) is 7.85. The Morgan fingerprint density at radius 2 is 2.00 bits per heavy atom. The van der Waals surface area contributed by atoms with Crippen LogP contribution in [0.5, 0.6) is 5.75 Å². The van der Waals surface area contributed by atoms with Crippen molar-refractivity contribution in [2.45, 2.75) is 38.9 Å². The molecule has 6 nitrogen and oxygen atoms in total. The highest BCUT2D eigenvalue weighted by Gasteiger charge is 2.18. The van der Waals surface area contributed by atoms with Gasteiger partial charge in [0.15, 0.2) is 0 Å². The molecule has 130 valence electrons. The van der Waals surface area contributed by atoms with E-state index in [1.807, 2.05) is 45.0 Å². The van der Waals surface area contributed by atoms with Crippen molar-refractivity contribution >= 4 is 6.09 Å². The molecule has 1 rings (SSSR count). The second-order valence-electron chi connectivity index (χ2n) is 6.12. The molecule has 23 heavy (non-hydrogen) atoms. The zero-order chi connectivity index (χ0) is 17.3. The number of carbonyl (C=O) groups is 1. The fourth-order valence-corrected chi connectivity index (χ4v) is 1.96. The number of benzene rings is 1. The van der Waals surface area contributed by atoms with Crippen LogP contribution in [0.2, 0.25) is 0 Å². The van der Waals surface area contributed by atoms with Crippen molar-refractivity contribution in [2.75, 3.05) is 26.9 Å². The zero-order valence-corrected chi connectivity index (χ0v) is 14.3. The molecule has 0 heterocycles. The molecular weight excluding hydrogens is 298 g/mol. The van der Waals surface area contributed by atoms with Crippen LogP contribution in [0.4, 0.5) is 4.79 Å². The number of hydrogen-bond acceptors (Lipinski definition) is 5. The zero-order valence-electron chi connectivity index (χ0n) is 14.3. The van der Waals surface area contributed by atoms with Gasteiger partial charge in [0, 0.05) is 20.1 Å². The standard InChI is InChI=1S/C17H27NO5/c1-17(2,3)23-16(20)18-12-14(21-4)11-13-7-5-6-8-15(13)22-10-9-19/h5-8,14,19H,9-12H2,1-4H3,(H,18,20)/t14-/m1/s1. The quantitative estimate of drug-likeness (QED) is 0.766. The van der Waals surface area contributed by atoms with E-state index >= 15 is 0 Å². The van der Waals surface area contributed by atoms with E-state index in [1.54, 1.807) is 7.11 Å². The van der Waals surface area contributed by atoms with Gasteiger partial charge in [0.25, 0.3) is 0 Å². The number of nitrogens with one attached hydrogen (secondary N) is 1. The van der Waals surface area contributed by atoms with Gasteiger partial charge in [-0.15, -0.1) is 0 Å². The maximum atomic E-state index is 11.7. The van der Waals surface area contributed by atoms with Crippen molar-refractivity contribution in [3.63, 3.8) is 0 Å². The van der Waals surface area contributed by atoms with E-state index < -0.39 is 11.7 Å². The average Bonchev–Trinajstić information content (AvgIpc) is 2.48. The van der Waals surface area contributed by atoms with Crippen molar-refractivity contribution in [1.29, 1.82) is 0 Å². The number of aliphatic hydroxyl groups is 1. The van der Waals surface area contributed by atoms with Gasteiger partial charge in [0.1, 0.15) is 18.0 Å². The van der Waals surface area contributed by atoms with E-state index in [4.69, 9.17) is 19.3 Å². The van der Waals surface area contributed by atoms with Gasteiger partial charge in [0.05, 0.1) is 12.7 Å². The van der Waals surface area contributed by atoms with Gasteiger partial charge in [-0.05, 0) is 32.4 Å². The Hall–Kier alpha value is -1.79. The lowest BCUT2D eigenvalue weighted by Gasteiger charge is -2.22. The first-order valence-corrected chi connectivity index (χ1v) is 7.67. The number of aliphatic hydroxyl groups excluding tert-OH is 1. The lowest BCUT2D eigenvalue weighted by atomic mass is 10.1. The van der Waals surface area contributed by atoms with E-state index in [1.165, 1.54) is 0 Å². The molecule has 0 aliphatic rings. The Morgan fingerprint density at radius 3 is 2.61 bits per heavy atom. The molecule has 0 unspecified atom stereocenters. The summed E-state index contributed by atoms with van der Waals surface area (Å²) in [6.45, 7) is 5.98. The summed E-state index contributed by atoms with van der Waals surface area (Å²) in [5.74, 6) is 0.709. The van der Waals surface area contributed by atoms with Gasteiger partial charge in [-0.1, -0.05) is 18.2 Å². The highest BCUT2D eigenvalue weighted by molar-refractivity contribution is 5.67. The predicted molar refractivity (Wildman–Crippen MR) is 87.8 cm³/mol. The molecule has 0 spiro atoms. The molecule has 0 aliphatic heterocycles. The summed E-state index contributed by atoms with van der Waals surface area (Å²) in [4.78, 5) is 11.7. The highest BCUT2D eigenvalue weighted by atomic mass is 16.6. The monoisotopic (exact) mass is 325 g/mol. The minimum absolute atomic E-state index is 0.0394. The number of carbonyl (C=O) groups excluding carboxylic acids is 1. The number of rotatable bonds is 8. The maximum Gasteiger partial charge on any atom is 0.407 e. The van der Waals surface area contributed by atoms with Crippen molar-refractivity contribution in [2.24, 2.45) is 0 Å². The molecule has 0 fully saturated rings. The van der Waals surface area contributed by atoms with E-state index in [2.05, 4.69) is 5.32 Å². The fraction of sp³-hybridized carbons (Fsp3) is 0.588. The van der Waals surface area contributed by atoms with E-state index in [-0.39, 0.29) is 19.3 Å². The fourth-order valence-electron chi connectivity index (χ4n) is 1.96. The van der Waals surface area contributed by atoms with E-state index in [9.17, 15) is 4.79 Å². The Balaban J connectivity index is 2.58. The second kappa shape index (κ2) is 9.37. The normalized spacial score (nSPS) is 12.6. The van der Waals surface area contributed by atoms with Crippen LogP contribution in [-0.4, -0.2) is 49.8 Å². The first-order chi connectivity index (χ1) is 10.9. The number of para-hydroxylation sites is 1. The van der Waals surface area contributed by atoms with E-state index in [0.717, 1.165) is 5.56 Å². The number of ether oxygens (including phenoxy) is 3. The van der Waals surface area contributed by atoms with Gasteiger partial charge < -0.3 is 24.6 Å². The topological polar surface area (TPSA) is 77.0 Å². The SMILES string of the molecule is CO[C@@H](CNC(=O)OC(C)(C)C)Cc1ccccc1OCCO.